The number of carbonyl (C=O) groups excluding carboxylic acids is 1. The minimum atomic E-state index is 0.333. The van der Waals surface area contributed by atoms with E-state index in [2.05, 4.69) is 24.1 Å². The van der Waals surface area contributed by atoms with Gasteiger partial charge in [0.25, 0.3) is 0 Å². The van der Waals surface area contributed by atoms with Crippen LogP contribution in [0.3, 0.4) is 0 Å². The Morgan fingerprint density at radius 1 is 1.23 bits per heavy atom. The van der Waals surface area contributed by atoms with Crippen LogP contribution in [0.1, 0.15) is 44.2 Å². The summed E-state index contributed by atoms with van der Waals surface area (Å²) >= 11 is 0. The summed E-state index contributed by atoms with van der Waals surface area (Å²) in [5.41, 5.74) is 14.8. The maximum Gasteiger partial charge on any atom is 0.209 e. The van der Waals surface area contributed by atoms with Gasteiger partial charge < -0.3 is 21.3 Å². The summed E-state index contributed by atoms with van der Waals surface area (Å²) in [6.07, 6.45) is 6.78. The standard InChI is InChI=1S/C18H27N3O.C3H9N/c1-20(12-14-6-8-21(13-22)9-7-14)18-5-3-15-2-4-17(19)10-16(15)11-18;1-3(2)4/h2,4,10,13-14,18H,3,5-9,11-12,19H2,1H3;3H,4H2,1-2H3. The number of amides is 1. The molecule has 1 heterocycles. The number of hydrogen-bond acceptors (Lipinski definition) is 4. The first-order valence-electron chi connectivity index (χ1n) is 9.91. The zero-order valence-corrected chi connectivity index (χ0v) is 16.7. The molecule has 0 radical (unpaired) electrons. The number of benzene rings is 1. The summed E-state index contributed by atoms with van der Waals surface area (Å²) in [4.78, 5) is 15.2. The number of nitrogens with zero attached hydrogens (tertiary/aromatic N) is 2. The molecular weight excluding hydrogens is 324 g/mol. The molecule has 5 nitrogen and oxygen atoms in total. The van der Waals surface area contributed by atoms with E-state index >= 15 is 0 Å². The van der Waals surface area contributed by atoms with E-state index in [-0.39, 0.29) is 0 Å². The predicted octanol–water partition coefficient (Wildman–Crippen LogP) is 2.28. The number of likely N-dealkylation sites (tertiary alicyclic amines) is 1. The fraction of sp³-hybridized carbons (Fsp3) is 0.667. The molecule has 26 heavy (non-hydrogen) atoms. The van der Waals surface area contributed by atoms with Crippen LogP contribution in [0.5, 0.6) is 0 Å². The molecule has 3 rings (SSSR count). The summed E-state index contributed by atoms with van der Waals surface area (Å²) in [5, 5.41) is 0. The van der Waals surface area contributed by atoms with Crippen molar-refractivity contribution in [2.75, 3.05) is 32.4 Å². The molecule has 1 aliphatic carbocycles. The van der Waals surface area contributed by atoms with Crippen LogP contribution in [0.4, 0.5) is 5.69 Å². The van der Waals surface area contributed by atoms with Crippen LogP contribution in [-0.2, 0) is 17.6 Å². The summed E-state index contributed by atoms with van der Waals surface area (Å²) in [7, 11) is 2.26. The fourth-order valence-corrected chi connectivity index (χ4v) is 3.93. The molecule has 1 atom stereocenters. The Balaban J connectivity index is 0.000000552. The molecule has 0 spiro atoms. The highest BCUT2D eigenvalue weighted by molar-refractivity contribution is 5.47. The number of carbonyl (C=O) groups is 1. The summed E-state index contributed by atoms with van der Waals surface area (Å²) in [5.74, 6) is 0.725. The van der Waals surface area contributed by atoms with Crippen LogP contribution in [0.15, 0.2) is 18.2 Å². The van der Waals surface area contributed by atoms with Gasteiger partial charge in [-0.25, -0.2) is 0 Å². The van der Waals surface area contributed by atoms with Crippen molar-refractivity contribution >= 4 is 12.1 Å². The average molecular weight is 361 g/mol. The van der Waals surface area contributed by atoms with Crippen molar-refractivity contribution in [2.45, 2.75) is 58.0 Å². The molecule has 1 fully saturated rings. The Morgan fingerprint density at radius 2 is 1.88 bits per heavy atom. The SMILES string of the molecule is CC(C)N.CN(CC1CCN(C=O)CC1)C1CCc2ccc(N)cc2C1. The van der Waals surface area contributed by atoms with E-state index in [4.69, 9.17) is 11.5 Å². The van der Waals surface area contributed by atoms with E-state index in [1.165, 1.54) is 17.5 Å². The molecule has 1 aliphatic heterocycles. The van der Waals surface area contributed by atoms with Gasteiger partial charge in [-0.2, -0.15) is 0 Å². The highest BCUT2D eigenvalue weighted by atomic mass is 16.1. The Bertz CT molecular complexity index is 564. The van der Waals surface area contributed by atoms with Crippen LogP contribution < -0.4 is 11.5 Å². The third-order valence-corrected chi connectivity index (χ3v) is 5.40. The number of likely N-dealkylation sites (N-methyl/N-ethyl adjacent to an activating group) is 1. The topological polar surface area (TPSA) is 75.6 Å². The maximum atomic E-state index is 10.8. The van der Waals surface area contributed by atoms with E-state index in [0.717, 1.165) is 63.3 Å². The molecule has 2 aliphatic rings. The first-order chi connectivity index (χ1) is 12.4. The summed E-state index contributed by atoms with van der Waals surface area (Å²) in [6.45, 7) is 6.88. The second-order valence-electron chi connectivity index (χ2n) is 8.19. The Morgan fingerprint density at radius 3 is 2.50 bits per heavy atom. The van der Waals surface area contributed by atoms with Gasteiger partial charge in [0.15, 0.2) is 0 Å². The molecular formula is C21H36N4O. The Labute approximate surface area is 158 Å². The van der Waals surface area contributed by atoms with Crippen molar-refractivity contribution in [3.8, 4) is 0 Å². The van der Waals surface area contributed by atoms with Crippen molar-refractivity contribution in [1.82, 2.24) is 9.80 Å². The van der Waals surface area contributed by atoms with Crippen LogP contribution in [0.25, 0.3) is 0 Å². The first-order valence-corrected chi connectivity index (χ1v) is 9.91. The number of hydrogen-bond donors (Lipinski definition) is 2. The van der Waals surface area contributed by atoms with Crippen molar-refractivity contribution < 1.29 is 4.79 Å². The average Bonchev–Trinajstić information content (AvgIpc) is 2.61. The maximum absolute atomic E-state index is 10.8. The van der Waals surface area contributed by atoms with Crippen molar-refractivity contribution in [2.24, 2.45) is 11.7 Å². The fourth-order valence-electron chi connectivity index (χ4n) is 3.93. The van der Waals surface area contributed by atoms with Gasteiger partial charge in [0.2, 0.25) is 6.41 Å². The summed E-state index contributed by atoms with van der Waals surface area (Å²) in [6, 6.07) is 7.32. The highest BCUT2D eigenvalue weighted by Gasteiger charge is 2.25. The number of rotatable bonds is 4. The third kappa shape index (κ3) is 6.29. The molecule has 1 saturated heterocycles. The quantitative estimate of drug-likeness (QED) is 0.638. The lowest BCUT2D eigenvalue weighted by Gasteiger charge is -2.37. The zero-order valence-electron chi connectivity index (χ0n) is 16.7. The van der Waals surface area contributed by atoms with Gasteiger partial charge in [-0.05, 0) is 74.4 Å². The van der Waals surface area contributed by atoms with Crippen LogP contribution in [-0.4, -0.2) is 55.0 Å². The van der Waals surface area contributed by atoms with E-state index in [0.29, 0.717) is 12.1 Å². The Hall–Kier alpha value is -1.59. The van der Waals surface area contributed by atoms with E-state index < -0.39 is 0 Å². The molecule has 146 valence electrons. The number of anilines is 1. The van der Waals surface area contributed by atoms with Gasteiger partial charge in [-0.3, -0.25) is 4.79 Å². The van der Waals surface area contributed by atoms with E-state index in [9.17, 15) is 4.79 Å². The van der Waals surface area contributed by atoms with Gasteiger partial charge in [0.1, 0.15) is 0 Å². The van der Waals surface area contributed by atoms with Gasteiger partial charge in [-0.15, -0.1) is 0 Å². The van der Waals surface area contributed by atoms with Gasteiger partial charge in [0, 0.05) is 31.4 Å². The van der Waals surface area contributed by atoms with E-state index in [1.807, 2.05) is 24.8 Å². The summed E-state index contributed by atoms with van der Waals surface area (Å²) < 4.78 is 0. The van der Waals surface area contributed by atoms with E-state index in [1.54, 1.807) is 0 Å². The highest BCUT2D eigenvalue weighted by Crippen LogP contribution is 2.27. The molecule has 5 heteroatoms. The lowest BCUT2D eigenvalue weighted by molar-refractivity contribution is -0.119. The van der Waals surface area contributed by atoms with Crippen LogP contribution in [0, 0.1) is 5.92 Å². The molecule has 4 N–H and O–H groups in total. The van der Waals surface area contributed by atoms with Gasteiger partial charge in [0.05, 0.1) is 0 Å². The predicted molar refractivity (Wildman–Crippen MR) is 109 cm³/mol. The van der Waals surface area contributed by atoms with Crippen molar-refractivity contribution in [3.63, 3.8) is 0 Å². The van der Waals surface area contributed by atoms with Gasteiger partial charge in [-0.1, -0.05) is 19.9 Å². The van der Waals surface area contributed by atoms with Crippen molar-refractivity contribution in [1.29, 1.82) is 0 Å². The molecule has 0 saturated carbocycles. The second-order valence-corrected chi connectivity index (χ2v) is 8.19. The molecule has 1 unspecified atom stereocenters. The molecule has 0 aromatic heterocycles. The minimum Gasteiger partial charge on any atom is -0.399 e. The van der Waals surface area contributed by atoms with Gasteiger partial charge >= 0.3 is 0 Å². The smallest absolute Gasteiger partial charge is 0.209 e. The lowest BCUT2D eigenvalue weighted by Crippen LogP contribution is -2.42. The second kappa shape index (κ2) is 9.93. The monoisotopic (exact) mass is 360 g/mol. The number of piperidine rings is 1. The largest absolute Gasteiger partial charge is 0.399 e. The Kier molecular flexibility index (Phi) is 7.91. The number of fused-ring (bicyclic) bond motifs is 1. The molecule has 0 bridgehead atoms. The molecule has 1 aromatic carbocycles. The van der Waals surface area contributed by atoms with Crippen LogP contribution >= 0.6 is 0 Å². The third-order valence-electron chi connectivity index (χ3n) is 5.40. The number of nitrogen functional groups attached to an aromatic ring is 1. The lowest BCUT2D eigenvalue weighted by atomic mass is 9.86. The number of nitrogens with two attached hydrogens (primary N) is 2. The first kappa shape index (κ1) is 20.7. The zero-order chi connectivity index (χ0) is 19.1. The molecule has 1 aromatic rings. The normalized spacial score (nSPS) is 20.5. The van der Waals surface area contributed by atoms with Crippen molar-refractivity contribution in [3.05, 3.63) is 29.3 Å². The minimum absolute atomic E-state index is 0.333. The van der Waals surface area contributed by atoms with Crippen LogP contribution in [0.2, 0.25) is 0 Å². The number of aryl methyl sites for hydroxylation is 1. The molecule has 1 amide bonds.